The molecule has 6 aliphatic rings. The molecule has 2 aliphatic heterocycles. The van der Waals surface area contributed by atoms with Gasteiger partial charge in [-0.15, -0.1) is 0 Å². The van der Waals surface area contributed by atoms with Gasteiger partial charge in [-0.2, -0.15) is 0 Å². The van der Waals surface area contributed by atoms with E-state index in [9.17, 15) is 24.9 Å². The molecule has 0 aromatic rings. The molecule has 9 heteroatoms. The SMILES string of the molecule is CC(=O)O[C@H]1C[C@@]2(C)C3=CC[C@H]4C(C)(C)[C@@H](O[C@@H]5OC[C@@H](O)[C@H](O)[C@H]5O)CC[C@]4(C)[C@H]3CC[C@@]23C(=O)O[C@@](C)(CCCC(C)C)[C@@H]13. The molecule has 0 unspecified atom stereocenters. The third-order valence-corrected chi connectivity index (χ3v) is 14.0. The Balaban J connectivity index is 1.31. The van der Waals surface area contributed by atoms with Gasteiger partial charge in [0.05, 0.1) is 24.0 Å². The molecule has 6 rings (SSSR count). The molecule has 46 heavy (non-hydrogen) atoms. The minimum Gasteiger partial charge on any atom is -0.462 e. The first-order valence-electron chi connectivity index (χ1n) is 17.8. The highest BCUT2D eigenvalue weighted by atomic mass is 16.7. The maximum Gasteiger partial charge on any atom is 0.314 e. The fourth-order valence-corrected chi connectivity index (χ4v) is 11.9. The number of aliphatic hydroxyl groups excluding tert-OH is 3. The maximum atomic E-state index is 14.3. The number of cyclic esters (lactones) is 1. The molecule has 0 aromatic heterocycles. The largest absolute Gasteiger partial charge is 0.462 e. The van der Waals surface area contributed by atoms with Crippen LogP contribution in [0.25, 0.3) is 0 Å². The van der Waals surface area contributed by atoms with E-state index in [-0.39, 0.29) is 59.3 Å². The van der Waals surface area contributed by atoms with Crippen molar-refractivity contribution in [2.24, 2.45) is 45.3 Å². The zero-order chi connectivity index (χ0) is 33.6. The Labute approximate surface area is 274 Å². The number of hydrogen-bond donors (Lipinski definition) is 3. The Bertz CT molecular complexity index is 1250. The Morgan fingerprint density at radius 3 is 2.46 bits per heavy atom. The predicted molar refractivity (Wildman–Crippen MR) is 170 cm³/mol. The van der Waals surface area contributed by atoms with E-state index in [4.69, 9.17) is 18.9 Å². The van der Waals surface area contributed by atoms with Crippen molar-refractivity contribution in [3.8, 4) is 0 Å². The van der Waals surface area contributed by atoms with E-state index in [1.807, 2.05) is 0 Å². The number of hydrogen-bond acceptors (Lipinski definition) is 9. The van der Waals surface area contributed by atoms with E-state index >= 15 is 0 Å². The number of ether oxygens (including phenoxy) is 4. The van der Waals surface area contributed by atoms with E-state index in [1.54, 1.807) is 0 Å². The van der Waals surface area contributed by atoms with E-state index in [1.165, 1.54) is 12.5 Å². The summed E-state index contributed by atoms with van der Waals surface area (Å²) < 4.78 is 24.6. The summed E-state index contributed by atoms with van der Waals surface area (Å²) in [5.74, 6) is 0.518. The van der Waals surface area contributed by atoms with Crippen LogP contribution in [-0.2, 0) is 28.5 Å². The molecular formula is C37H58O9. The van der Waals surface area contributed by atoms with Crippen molar-refractivity contribution in [2.45, 2.75) is 156 Å². The van der Waals surface area contributed by atoms with Gasteiger partial charge in [-0.1, -0.05) is 59.6 Å². The minimum atomic E-state index is -1.32. The van der Waals surface area contributed by atoms with Crippen LogP contribution in [0.5, 0.6) is 0 Å². The number of fused-ring (bicyclic) bond motifs is 4. The predicted octanol–water partition coefficient (Wildman–Crippen LogP) is 5.08. The standard InChI is InChI=1S/C37H58O9/c1-20(2)10-9-15-36(8)30-25(44-21(3)38)18-35(7)23-11-12-26-33(4,5)27(45-31-29(41)28(40)24(39)19-43-31)14-16-34(26,6)22(23)13-17-37(30,35)32(42)46-36/h11,20,22,24-31,39-41H,9-10,12-19H2,1-8H3/t22-,24+,25-,26-,27-,28-,29+,30+,31-,34+,35-,36-,37+/m0/s1. The Morgan fingerprint density at radius 1 is 1.07 bits per heavy atom. The molecule has 13 atom stereocenters. The second kappa shape index (κ2) is 11.5. The van der Waals surface area contributed by atoms with Crippen molar-refractivity contribution in [3.63, 3.8) is 0 Å². The summed E-state index contributed by atoms with van der Waals surface area (Å²) in [4.78, 5) is 26.8. The summed E-state index contributed by atoms with van der Waals surface area (Å²) in [6.07, 6.45) is 4.62. The molecule has 9 nitrogen and oxygen atoms in total. The Kier molecular flexibility index (Phi) is 8.61. The van der Waals surface area contributed by atoms with E-state index in [0.717, 1.165) is 51.4 Å². The first kappa shape index (κ1) is 34.3. The highest BCUT2D eigenvalue weighted by molar-refractivity contribution is 5.84. The smallest absolute Gasteiger partial charge is 0.314 e. The fraction of sp³-hybridized carbons (Fsp3) is 0.892. The molecule has 0 aromatic carbocycles. The lowest BCUT2D eigenvalue weighted by molar-refractivity contribution is -0.303. The quantitative estimate of drug-likeness (QED) is 0.256. The van der Waals surface area contributed by atoms with E-state index < -0.39 is 41.0 Å². The second-order valence-corrected chi connectivity index (χ2v) is 17.4. The lowest BCUT2D eigenvalue weighted by Gasteiger charge is -2.63. The molecule has 0 radical (unpaired) electrons. The first-order valence-corrected chi connectivity index (χ1v) is 17.8. The molecular weight excluding hydrogens is 588 g/mol. The van der Waals surface area contributed by atoms with Crippen molar-refractivity contribution in [3.05, 3.63) is 11.6 Å². The molecule has 3 N–H and O–H groups in total. The third-order valence-electron chi connectivity index (χ3n) is 14.0. The van der Waals surface area contributed by atoms with Crippen LogP contribution in [0.4, 0.5) is 0 Å². The van der Waals surface area contributed by atoms with Gasteiger partial charge in [-0.25, -0.2) is 0 Å². The lowest BCUT2D eigenvalue weighted by atomic mass is 9.41. The van der Waals surface area contributed by atoms with Crippen LogP contribution < -0.4 is 0 Å². The first-order chi connectivity index (χ1) is 21.4. The highest BCUT2D eigenvalue weighted by Gasteiger charge is 2.79. The molecule has 0 amide bonds. The summed E-state index contributed by atoms with van der Waals surface area (Å²) in [6.45, 7) is 17.1. The summed E-state index contributed by atoms with van der Waals surface area (Å²) in [5, 5.41) is 30.8. The minimum absolute atomic E-state index is 0.0437. The zero-order valence-corrected chi connectivity index (χ0v) is 29.2. The number of rotatable bonds is 7. The van der Waals surface area contributed by atoms with Crippen LogP contribution in [0, 0.1) is 45.3 Å². The van der Waals surface area contributed by atoms with Crippen molar-refractivity contribution in [1.82, 2.24) is 0 Å². The zero-order valence-electron chi connectivity index (χ0n) is 29.2. The van der Waals surface area contributed by atoms with Crippen LogP contribution in [0.2, 0.25) is 0 Å². The van der Waals surface area contributed by atoms with Crippen molar-refractivity contribution < 1.29 is 43.9 Å². The number of carbonyl (C=O) groups is 2. The van der Waals surface area contributed by atoms with Crippen molar-refractivity contribution >= 4 is 11.9 Å². The molecule has 3 saturated carbocycles. The summed E-state index contributed by atoms with van der Waals surface area (Å²) >= 11 is 0. The highest BCUT2D eigenvalue weighted by Crippen LogP contribution is 2.76. The van der Waals surface area contributed by atoms with Crippen LogP contribution in [0.3, 0.4) is 0 Å². The molecule has 5 fully saturated rings. The topological polar surface area (TPSA) is 132 Å². The van der Waals surface area contributed by atoms with Crippen molar-refractivity contribution in [1.29, 1.82) is 0 Å². The summed E-state index contributed by atoms with van der Waals surface area (Å²) in [5.41, 5.74) is -0.839. The lowest BCUT2D eigenvalue weighted by Crippen LogP contribution is -2.61. The molecule has 4 aliphatic carbocycles. The molecule has 2 heterocycles. The Morgan fingerprint density at radius 2 is 1.78 bits per heavy atom. The second-order valence-electron chi connectivity index (χ2n) is 17.4. The maximum absolute atomic E-state index is 14.3. The molecule has 2 saturated heterocycles. The van der Waals surface area contributed by atoms with Crippen LogP contribution >= 0.6 is 0 Å². The van der Waals surface area contributed by atoms with E-state index in [2.05, 4.69) is 54.5 Å². The van der Waals surface area contributed by atoms with Crippen LogP contribution in [-0.4, -0.2) is 76.3 Å². The van der Waals surface area contributed by atoms with Gasteiger partial charge in [0.1, 0.15) is 30.0 Å². The number of aliphatic hydroxyl groups is 3. The van der Waals surface area contributed by atoms with Gasteiger partial charge in [-0.05, 0) is 86.9 Å². The molecule has 260 valence electrons. The summed E-state index contributed by atoms with van der Waals surface area (Å²) in [6, 6.07) is 0. The van der Waals surface area contributed by atoms with Gasteiger partial charge in [0, 0.05) is 12.3 Å². The van der Waals surface area contributed by atoms with Gasteiger partial charge < -0.3 is 34.3 Å². The molecule has 1 spiro atoms. The number of esters is 2. The van der Waals surface area contributed by atoms with Crippen LogP contribution in [0.1, 0.15) is 113 Å². The normalized spacial score (nSPS) is 49.3. The fourth-order valence-electron chi connectivity index (χ4n) is 11.9. The van der Waals surface area contributed by atoms with Gasteiger partial charge >= 0.3 is 11.9 Å². The van der Waals surface area contributed by atoms with Crippen LogP contribution in [0.15, 0.2) is 11.6 Å². The van der Waals surface area contributed by atoms with Gasteiger partial charge in [0.25, 0.3) is 0 Å². The van der Waals surface area contributed by atoms with Gasteiger partial charge in [0.15, 0.2) is 6.29 Å². The Hall–Kier alpha value is -1.52. The summed E-state index contributed by atoms with van der Waals surface area (Å²) in [7, 11) is 0. The third kappa shape index (κ3) is 4.87. The van der Waals surface area contributed by atoms with Crippen molar-refractivity contribution in [2.75, 3.05) is 6.61 Å². The monoisotopic (exact) mass is 646 g/mol. The average Bonchev–Trinajstić information content (AvgIpc) is 3.36. The van der Waals surface area contributed by atoms with Gasteiger partial charge in [0.2, 0.25) is 0 Å². The average molecular weight is 647 g/mol. The molecule has 0 bridgehead atoms. The number of allylic oxidation sites excluding steroid dienone is 2. The number of carbonyl (C=O) groups excluding carboxylic acids is 2. The van der Waals surface area contributed by atoms with Gasteiger partial charge in [-0.3, -0.25) is 9.59 Å². The van der Waals surface area contributed by atoms with E-state index in [0.29, 0.717) is 12.3 Å².